The van der Waals surface area contributed by atoms with Crippen molar-refractivity contribution >= 4 is 5.91 Å². The zero-order valence-corrected chi connectivity index (χ0v) is 8.64. The van der Waals surface area contributed by atoms with Crippen LogP contribution in [0.1, 0.15) is 6.42 Å². The van der Waals surface area contributed by atoms with Crippen molar-refractivity contribution in [3.8, 4) is 0 Å². The maximum atomic E-state index is 10.7. The highest BCUT2D eigenvalue weighted by atomic mass is 19.0. The molecule has 0 radical (unpaired) electrons. The molecule has 0 atom stereocenters. The van der Waals surface area contributed by atoms with Crippen LogP contribution >= 0.6 is 0 Å². The van der Waals surface area contributed by atoms with Crippen molar-refractivity contribution in [2.45, 2.75) is 6.42 Å². The van der Waals surface area contributed by atoms with E-state index in [2.05, 4.69) is 33.0 Å². The molecule has 0 spiro atoms. The maximum absolute atomic E-state index is 10.7. The Morgan fingerprint density at radius 1 is 1.46 bits per heavy atom. The van der Waals surface area contributed by atoms with Crippen molar-refractivity contribution in [1.29, 1.82) is 0 Å². The fraction of sp³-hybridized carbons (Fsp3) is 0.667. The molecule has 0 aromatic rings. The quantitative estimate of drug-likeness (QED) is 0.287. The lowest BCUT2D eigenvalue weighted by Gasteiger charge is -2.23. The Bertz CT molecular complexity index is 163. The molecule has 0 aliphatic carbocycles. The van der Waals surface area contributed by atoms with E-state index < -0.39 is 0 Å². The topological polar surface area (TPSA) is 29.1 Å². The van der Waals surface area contributed by atoms with E-state index >= 15 is 0 Å². The van der Waals surface area contributed by atoms with Crippen molar-refractivity contribution in [3.05, 3.63) is 12.7 Å². The van der Waals surface area contributed by atoms with Crippen LogP contribution in [0.2, 0.25) is 0 Å². The van der Waals surface area contributed by atoms with Gasteiger partial charge < -0.3 is 14.5 Å². The van der Waals surface area contributed by atoms with Crippen LogP contribution in [0.15, 0.2) is 12.7 Å². The lowest BCUT2D eigenvalue weighted by atomic mass is 10.3. The predicted octanol–water partition coefficient (Wildman–Crippen LogP) is -2.61. The summed E-state index contributed by atoms with van der Waals surface area (Å²) in [6.45, 7) is 5.18. The number of nitrogens with zero attached hydrogens (tertiary/aromatic N) is 1. The van der Waals surface area contributed by atoms with Crippen LogP contribution in [0, 0.1) is 0 Å². The number of halogens is 1. The van der Waals surface area contributed by atoms with Crippen molar-refractivity contribution in [2.24, 2.45) is 0 Å². The summed E-state index contributed by atoms with van der Waals surface area (Å²) < 4.78 is 0.934. The molecule has 0 aromatic carbocycles. The van der Waals surface area contributed by atoms with E-state index in [9.17, 15) is 4.79 Å². The van der Waals surface area contributed by atoms with Gasteiger partial charge in [0.2, 0.25) is 5.91 Å². The molecule has 0 saturated carbocycles. The van der Waals surface area contributed by atoms with Gasteiger partial charge in [-0.1, -0.05) is 6.58 Å². The van der Waals surface area contributed by atoms with Gasteiger partial charge in [-0.3, -0.25) is 4.79 Å². The van der Waals surface area contributed by atoms with Gasteiger partial charge in [0.05, 0.1) is 27.7 Å². The van der Waals surface area contributed by atoms with Crippen molar-refractivity contribution in [1.82, 2.24) is 5.32 Å². The van der Waals surface area contributed by atoms with Gasteiger partial charge in [-0.25, -0.2) is 0 Å². The summed E-state index contributed by atoms with van der Waals surface area (Å²) in [5.41, 5.74) is 0. The van der Waals surface area contributed by atoms with Gasteiger partial charge in [0.1, 0.15) is 0 Å². The van der Waals surface area contributed by atoms with E-state index in [0.29, 0.717) is 0 Å². The Labute approximate surface area is 79.4 Å². The Hall–Kier alpha value is -0.900. The molecule has 1 amide bonds. The second-order valence-corrected chi connectivity index (χ2v) is 3.86. The zero-order valence-electron chi connectivity index (χ0n) is 8.64. The van der Waals surface area contributed by atoms with Gasteiger partial charge in [-0.15, -0.1) is 0 Å². The molecule has 0 saturated heterocycles. The molecule has 13 heavy (non-hydrogen) atoms. The van der Waals surface area contributed by atoms with E-state index in [1.165, 1.54) is 6.08 Å². The first-order valence-electron chi connectivity index (χ1n) is 4.16. The normalized spacial score (nSPS) is 10.1. The minimum absolute atomic E-state index is 0. The summed E-state index contributed by atoms with van der Waals surface area (Å²) in [4.78, 5) is 10.7. The SMILES string of the molecule is C=CC(=O)NCCC[N+](C)(C)C.[F-]. The van der Waals surface area contributed by atoms with Gasteiger partial charge in [0, 0.05) is 13.0 Å². The predicted molar refractivity (Wildman–Crippen MR) is 50.7 cm³/mol. The van der Waals surface area contributed by atoms with Crippen LogP contribution in [0.3, 0.4) is 0 Å². The molecule has 0 rings (SSSR count). The Balaban J connectivity index is 0. The molecular weight excluding hydrogens is 171 g/mol. The molecule has 0 aromatic heterocycles. The maximum Gasteiger partial charge on any atom is 0.243 e. The molecule has 0 aliphatic heterocycles. The minimum Gasteiger partial charge on any atom is -1.00 e. The third-order valence-electron chi connectivity index (χ3n) is 1.49. The number of amides is 1. The number of carbonyl (C=O) groups is 1. The molecule has 3 nitrogen and oxygen atoms in total. The highest BCUT2D eigenvalue weighted by molar-refractivity contribution is 5.86. The van der Waals surface area contributed by atoms with Crippen LogP contribution in [-0.2, 0) is 4.79 Å². The third-order valence-corrected chi connectivity index (χ3v) is 1.49. The summed E-state index contributed by atoms with van der Waals surface area (Å²) in [5, 5.41) is 2.74. The summed E-state index contributed by atoms with van der Waals surface area (Å²) in [6.07, 6.45) is 2.30. The van der Waals surface area contributed by atoms with Crippen LogP contribution in [0.4, 0.5) is 0 Å². The Kier molecular flexibility index (Phi) is 7.42. The van der Waals surface area contributed by atoms with Gasteiger partial charge >= 0.3 is 0 Å². The minimum atomic E-state index is -0.0867. The average molecular weight is 190 g/mol. The van der Waals surface area contributed by atoms with Gasteiger partial charge in [0.25, 0.3) is 0 Å². The first-order valence-corrected chi connectivity index (χ1v) is 4.16. The third kappa shape index (κ3) is 11.1. The fourth-order valence-electron chi connectivity index (χ4n) is 0.837. The zero-order chi connectivity index (χ0) is 9.61. The van der Waals surface area contributed by atoms with E-state index in [0.717, 1.165) is 24.0 Å². The summed E-state index contributed by atoms with van der Waals surface area (Å²) >= 11 is 0. The van der Waals surface area contributed by atoms with E-state index in [1.54, 1.807) is 0 Å². The molecule has 4 heteroatoms. The van der Waals surface area contributed by atoms with Crippen LogP contribution in [0.25, 0.3) is 0 Å². The fourth-order valence-corrected chi connectivity index (χ4v) is 0.837. The lowest BCUT2D eigenvalue weighted by Crippen LogP contribution is -3.00. The highest BCUT2D eigenvalue weighted by Crippen LogP contribution is 1.91. The Morgan fingerprint density at radius 3 is 2.38 bits per heavy atom. The number of nitrogens with one attached hydrogen (secondary N) is 1. The smallest absolute Gasteiger partial charge is 0.243 e. The molecule has 1 N–H and O–H groups in total. The highest BCUT2D eigenvalue weighted by Gasteiger charge is 2.05. The standard InChI is InChI=1S/C9H18N2O.FH/c1-5-9(12)10-7-6-8-11(2,3)4;/h5H,1,6-8H2,2-4H3;1H. The van der Waals surface area contributed by atoms with Gasteiger partial charge in [0.15, 0.2) is 0 Å². The van der Waals surface area contributed by atoms with Crippen molar-refractivity contribution in [2.75, 3.05) is 34.2 Å². The average Bonchev–Trinajstić information content (AvgIpc) is 1.96. The first-order chi connectivity index (χ1) is 5.45. The molecule has 0 aliphatic rings. The van der Waals surface area contributed by atoms with E-state index in [1.807, 2.05) is 0 Å². The number of hydrogen-bond acceptors (Lipinski definition) is 1. The second kappa shape index (κ2) is 6.60. The molecule has 0 fully saturated rings. The number of carbonyl (C=O) groups excluding carboxylic acids is 1. The number of quaternary nitrogens is 1. The monoisotopic (exact) mass is 190 g/mol. The van der Waals surface area contributed by atoms with Crippen LogP contribution in [0.5, 0.6) is 0 Å². The molecular formula is C9H19FN2O. The molecule has 0 unspecified atom stereocenters. The summed E-state index contributed by atoms with van der Waals surface area (Å²) in [6, 6.07) is 0. The van der Waals surface area contributed by atoms with E-state index in [-0.39, 0.29) is 10.6 Å². The number of rotatable bonds is 5. The summed E-state index contributed by atoms with van der Waals surface area (Å²) in [7, 11) is 6.40. The van der Waals surface area contributed by atoms with Gasteiger partial charge in [-0.05, 0) is 6.08 Å². The molecule has 0 bridgehead atoms. The van der Waals surface area contributed by atoms with Crippen molar-refractivity contribution in [3.63, 3.8) is 0 Å². The molecule has 0 heterocycles. The number of hydrogen-bond donors (Lipinski definition) is 1. The van der Waals surface area contributed by atoms with Crippen LogP contribution < -0.4 is 10.0 Å². The van der Waals surface area contributed by atoms with Crippen molar-refractivity contribution < 1.29 is 14.0 Å². The Morgan fingerprint density at radius 2 is 2.00 bits per heavy atom. The van der Waals surface area contributed by atoms with Gasteiger partial charge in [-0.2, -0.15) is 0 Å². The van der Waals surface area contributed by atoms with Crippen LogP contribution in [-0.4, -0.2) is 44.6 Å². The van der Waals surface area contributed by atoms with E-state index in [4.69, 9.17) is 0 Å². The first kappa shape index (κ1) is 14.6. The lowest BCUT2D eigenvalue weighted by molar-refractivity contribution is -0.870. The largest absolute Gasteiger partial charge is 1.00 e. The molecule has 78 valence electrons. The second-order valence-electron chi connectivity index (χ2n) is 3.86. The summed E-state index contributed by atoms with van der Waals surface area (Å²) in [5.74, 6) is -0.0867.